The monoisotopic (exact) mass is 337 g/mol. The average molecular weight is 338 g/mol. The molecule has 22 heavy (non-hydrogen) atoms. The van der Waals surface area contributed by atoms with Gasteiger partial charge in [0.05, 0.1) is 17.3 Å². The number of epoxide rings is 1. The van der Waals surface area contributed by atoms with Crippen molar-refractivity contribution in [3.8, 4) is 11.5 Å². The van der Waals surface area contributed by atoms with Crippen LogP contribution in [0.5, 0.6) is 11.5 Å². The van der Waals surface area contributed by atoms with Crippen LogP contribution in [0.3, 0.4) is 0 Å². The standard InChI is InChI=1S/C16H13Cl2NO3/c1-19(16(20)15-9-21-15)14-7-6-12(8-13(14)18)22-11-4-2-10(17)3-5-11/h2-8,15H,9H2,1H3. The zero-order valence-electron chi connectivity index (χ0n) is 11.8. The van der Waals surface area contributed by atoms with E-state index >= 15 is 0 Å². The molecule has 2 aromatic rings. The minimum absolute atomic E-state index is 0.103. The molecule has 0 N–H and O–H groups in total. The molecular weight excluding hydrogens is 325 g/mol. The van der Waals surface area contributed by atoms with Crippen molar-refractivity contribution < 1.29 is 14.3 Å². The minimum Gasteiger partial charge on any atom is -0.457 e. The zero-order valence-corrected chi connectivity index (χ0v) is 13.3. The van der Waals surface area contributed by atoms with Crippen LogP contribution < -0.4 is 9.64 Å². The van der Waals surface area contributed by atoms with Gasteiger partial charge in [-0.3, -0.25) is 4.79 Å². The lowest BCUT2D eigenvalue weighted by Crippen LogP contribution is -2.30. The molecular formula is C16H13Cl2NO3. The Morgan fingerprint density at radius 1 is 1.18 bits per heavy atom. The van der Waals surface area contributed by atoms with Crippen molar-refractivity contribution in [2.45, 2.75) is 6.10 Å². The molecule has 1 aliphatic heterocycles. The number of carbonyl (C=O) groups excluding carboxylic acids is 1. The molecule has 3 rings (SSSR count). The van der Waals surface area contributed by atoms with Crippen LogP contribution in [0.25, 0.3) is 0 Å². The van der Waals surface area contributed by atoms with Gasteiger partial charge in [0.25, 0.3) is 5.91 Å². The third kappa shape index (κ3) is 3.35. The van der Waals surface area contributed by atoms with Gasteiger partial charge >= 0.3 is 0 Å². The van der Waals surface area contributed by atoms with Crippen LogP contribution in [0, 0.1) is 0 Å². The van der Waals surface area contributed by atoms with Crippen LogP contribution in [0.15, 0.2) is 42.5 Å². The van der Waals surface area contributed by atoms with Gasteiger partial charge in [0.15, 0.2) is 6.10 Å². The number of ether oxygens (including phenoxy) is 2. The molecule has 6 heteroatoms. The fourth-order valence-electron chi connectivity index (χ4n) is 1.99. The SMILES string of the molecule is CN(C(=O)C1CO1)c1ccc(Oc2ccc(Cl)cc2)cc1Cl. The summed E-state index contributed by atoms with van der Waals surface area (Å²) in [5, 5.41) is 1.08. The third-order valence-electron chi connectivity index (χ3n) is 3.27. The first-order chi connectivity index (χ1) is 10.5. The molecule has 0 aromatic heterocycles. The summed E-state index contributed by atoms with van der Waals surface area (Å²) in [5.41, 5.74) is 0.616. The fourth-order valence-corrected chi connectivity index (χ4v) is 2.41. The second-order valence-corrected chi connectivity index (χ2v) is 5.73. The van der Waals surface area contributed by atoms with E-state index in [1.807, 2.05) is 0 Å². The van der Waals surface area contributed by atoms with Gasteiger partial charge in [-0.15, -0.1) is 0 Å². The van der Waals surface area contributed by atoms with Crippen molar-refractivity contribution in [3.63, 3.8) is 0 Å². The second kappa shape index (κ2) is 6.16. The Hall–Kier alpha value is -1.75. The number of rotatable bonds is 4. The lowest BCUT2D eigenvalue weighted by atomic mass is 10.2. The predicted octanol–water partition coefficient (Wildman–Crippen LogP) is 4.15. The van der Waals surface area contributed by atoms with Crippen LogP contribution in [-0.2, 0) is 9.53 Å². The molecule has 4 nitrogen and oxygen atoms in total. The van der Waals surface area contributed by atoms with Gasteiger partial charge in [0, 0.05) is 18.1 Å². The van der Waals surface area contributed by atoms with Crippen molar-refractivity contribution in [1.82, 2.24) is 0 Å². The highest BCUT2D eigenvalue weighted by atomic mass is 35.5. The molecule has 0 bridgehead atoms. The van der Waals surface area contributed by atoms with E-state index in [1.54, 1.807) is 49.5 Å². The third-order valence-corrected chi connectivity index (χ3v) is 3.82. The summed E-state index contributed by atoms with van der Waals surface area (Å²) < 4.78 is 10.7. The van der Waals surface area contributed by atoms with Gasteiger partial charge < -0.3 is 14.4 Å². The number of hydrogen-bond donors (Lipinski definition) is 0. The molecule has 1 amide bonds. The number of carbonyl (C=O) groups is 1. The van der Waals surface area contributed by atoms with Crippen molar-refractivity contribution in [1.29, 1.82) is 0 Å². The van der Waals surface area contributed by atoms with Gasteiger partial charge in [-0.1, -0.05) is 23.2 Å². The topological polar surface area (TPSA) is 42.1 Å². The van der Waals surface area contributed by atoms with Crippen molar-refractivity contribution in [3.05, 3.63) is 52.5 Å². The number of likely N-dealkylation sites (N-methyl/N-ethyl adjacent to an activating group) is 1. The summed E-state index contributed by atoms with van der Waals surface area (Å²) in [4.78, 5) is 13.5. The maximum atomic E-state index is 12.0. The van der Waals surface area contributed by atoms with E-state index in [0.29, 0.717) is 33.8 Å². The molecule has 1 aliphatic rings. The maximum absolute atomic E-state index is 12.0. The molecule has 1 atom stereocenters. The summed E-state index contributed by atoms with van der Waals surface area (Å²) in [6.07, 6.45) is -0.342. The van der Waals surface area contributed by atoms with Gasteiger partial charge in [-0.2, -0.15) is 0 Å². The molecule has 2 aromatic carbocycles. The Morgan fingerprint density at radius 3 is 2.41 bits per heavy atom. The first-order valence-corrected chi connectivity index (χ1v) is 7.42. The minimum atomic E-state index is -0.342. The molecule has 0 radical (unpaired) electrons. The van der Waals surface area contributed by atoms with Crippen LogP contribution in [0.1, 0.15) is 0 Å². The van der Waals surface area contributed by atoms with Crippen molar-refractivity contribution in [2.24, 2.45) is 0 Å². The van der Waals surface area contributed by atoms with Crippen molar-refractivity contribution in [2.75, 3.05) is 18.6 Å². The quantitative estimate of drug-likeness (QED) is 0.787. The van der Waals surface area contributed by atoms with E-state index in [1.165, 1.54) is 4.90 Å². The van der Waals surface area contributed by atoms with E-state index < -0.39 is 0 Å². The molecule has 1 saturated heterocycles. The smallest absolute Gasteiger partial charge is 0.258 e. The number of anilines is 1. The van der Waals surface area contributed by atoms with Crippen LogP contribution in [0.2, 0.25) is 10.0 Å². The number of halogens is 2. The first-order valence-electron chi connectivity index (χ1n) is 6.67. The number of nitrogens with zero attached hydrogens (tertiary/aromatic N) is 1. The lowest BCUT2D eigenvalue weighted by Gasteiger charge is -2.18. The Labute approximate surface area is 138 Å². The number of amides is 1. The first kappa shape index (κ1) is 15.2. The Bertz CT molecular complexity index is 699. The second-order valence-electron chi connectivity index (χ2n) is 4.89. The molecule has 1 heterocycles. The molecule has 114 valence electrons. The Kier molecular flexibility index (Phi) is 4.25. The van der Waals surface area contributed by atoms with E-state index in [4.69, 9.17) is 32.7 Å². The summed E-state index contributed by atoms with van der Waals surface area (Å²) in [6.45, 7) is 0.471. The lowest BCUT2D eigenvalue weighted by molar-refractivity contribution is -0.119. The van der Waals surface area contributed by atoms with Gasteiger partial charge in [0.1, 0.15) is 11.5 Å². The number of hydrogen-bond acceptors (Lipinski definition) is 3. The van der Waals surface area contributed by atoms with Gasteiger partial charge in [0.2, 0.25) is 0 Å². The summed E-state index contributed by atoms with van der Waals surface area (Å²) in [7, 11) is 1.67. The van der Waals surface area contributed by atoms with Crippen LogP contribution in [-0.4, -0.2) is 25.7 Å². The van der Waals surface area contributed by atoms with Crippen LogP contribution >= 0.6 is 23.2 Å². The largest absolute Gasteiger partial charge is 0.457 e. The molecule has 0 spiro atoms. The fraction of sp³-hybridized carbons (Fsp3) is 0.188. The normalized spacial score (nSPS) is 16.2. The Balaban J connectivity index is 1.76. The van der Waals surface area contributed by atoms with E-state index in [9.17, 15) is 4.79 Å². The Morgan fingerprint density at radius 2 is 1.82 bits per heavy atom. The summed E-state index contributed by atoms with van der Waals surface area (Å²) >= 11 is 12.1. The molecule has 0 saturated carbocycles. The molecule has 1 unspecified atom stereocenters. The zero-order chi connectivity index (χ0) is 15.7. The highest BCUT2D eigenvalue weighted by Crippen LogP contribution is 2.32. The van der Waals surface area contributed by atoms with E-state index in [-0.39, 0.29) is 12.0 Å². The molecule has 1 fully saturated rings. The van der Waals surface area contributed by atoms with Crippen molar-refractivity contribution >= 4 is 34.8 Å². The van der Waals surface area contributed by atoms with Gasteiger partial charge in [-0.25, -0.2) is 0 Å². The summed E-state index contributed by atoms with van der Waals surface area (Å²) in [5.74, 6) is 1.14. The highest BCUT2D eigenvalue weighted by molar-refractivity contribution is 6.34. The molecule has 0 aliphatic carbocycles. The predicted molar refractivity (Wildman–Crippen MR) is 86.1 cm³/mol. The highest BCUT2D eigenvalue weighted by Gasteiger charge is 2.34. The average Bonchev–Trinajstić information content (AvgIpc) is 3.33. The van der Waals surface area contributed by atoms with E-state index in [0.717, 1.165) is 0 Å². The number of benzene rings is 2. The summed E-state index contributed by atoms with van der Waals surface area (Å²) in [6, 6.07) is 12.2. The van der Waals surface area contributed by atoms with Gasteiger partial charge in [-0.05, 0) is 36.4 Å². The maximum Gasteiger partial charge on any atom is 0.258 e. The van der Waals surface area contributed by atoms with Crippen LogP contribution in [0.4, 0.5) is 5.69 Å². The van der Waals surface area contributed by atoms with E-state index in [2.05, 4.69) is 0 Å².